The fourth-order valence-electron chi connectivity index (χ4n) is 2.74. The van der Waals surface area contributed by atoms with Crippen molar-refractivity contribution in [2.24, 2.45) is 10.9 Å². The van der Waals surface area contributed by atoms with Gasteiger partial charge in [0.25, 0.3) is 11.8 Å². The molecule has 14 heteroatoms. The first-order valence-corrected chi connectivity index (χ1v) is 9.80. The van der Waals surface area contributed by atoms with E-state index >= 15 is 0 Å². The molecule has 2 heterocycles. The maximum absolute atomic E-state index is 12.9. The average molecular weight is 447 g/mol. The van der Waals surface area contributed by atoms with Crippen molar-refractivity contribution in [3.63, 3.8) is 0 Å². The molecule has 1 aliphatic heterocycles. The lowest BCUT2D eigenvalue weighted by atomic mass is 9.72. The third-order valence-electron chi connectivity index (χ3n) is 4.35. The number of carbonyl (C=O) groups is 3. The second-order valence-electron chi connectivity index (χ2n) is 6.55. The average Bonchev–Trinajstić information content (AvgIpc) is 3.13. The van der Waals surface area contributed by atoms with Gasteiger partial charge < -0.3 is 36.4 Å². The van der Waals surface area contributed by atoms with E-state index in [2.05, 4.69) is 15.5 Å². The maximum Gasteiger partial charge on any atom is 0.547 e. The lowest BCUT2D eigenvalue weighted by molar-refractivity contribution is -0.128. The molecule has 1 aromatic carbocycles. The first kappa shape index (κ1) is 22.0. The van der Waals surface area contributed by atoms with Crippen molar-refractivity contribution in [1.82, 2.24) is 10.3 Å². The van der Waals surface area contributed by atoms with Crippen molar-refractivity contribution in [2.75, 3.05) is 5.73 Å². The number of nitrogens with one attached hydrogen (secondary N) is 1. The Morgan fingerprint density at radius 1 is 1.45 bits per heavy atom. The van der Waals surface area contributed by atoms with Crippen LogP contribution in [0.2, 0.25) is 0 Å². The van der Waals surface area contributed by atoms with Crippen molar-refractivity contribution >= 4 is 47.1 Å². The molecule has 7 N–H and O–H groups in total. The predicted octanol–water partition coefficient (Wildman–Crippen LogP) is -0.842. The number of nitrogens with zero attached hydrogens (tertiary/aromatic N) is 2. The molecule has 0 bridgehead atoms. The normalized spacial score (nSPS) is 16.6. The van der Waals surface area contributed by atoms with Gasteiger partial charge in [-0.15, -0.1) is 11.3 Å². The summed E-state index contributed by atoms with van der Waals surface area (Å²) >= 11 is 1.06. The van der Waals surface area contributed by atoms with E-state index in [0.717, 1.165) is 11.3 Å². The van der Waals surface area contributed by atoms with E-state index in [-0.39, 0.29) is 34.3 Å². The largest absolute Gasteiger partial charge is 0.547 e. The zero-order chi connectivity index (χ0) is 22.7. The number of amides is 2. The van der Waals surface area contributed by atoms with Crippen molar-refractivity contribution < 1.29 is 34.0 Å². The van der Waals surface area contributed by atoms with E-state index in [1.165, 1.54) is 24.4 Å². The number of aromatic carboxylic acids is 1. The summed E-state index contributed by atoms with van der Waals surface area (Å²) in [4.78, 5) is 44.4. The van der Waals surface area contributed by atoms with Crippen LogP contribution in [0.5, 0.6) is 5.75 Å². The van der Waals surface area contributed by atoms with E-state index in [9.17, 15) is 24.5 Å². The van der Waals surface area contributed by atoms with Crippen molar-refractivity contribution in [2.45, 2.75) is 25.4 Å². The molecule has 31 heavy (non-hydrogen) atoms. The third-order valence-corrected chi connectivity index (χ3v) is 5.02. The number of nitrogen functional groups attached to an aromatic ring is 1. The monoisotopic (exact) mass is 447 g/mol. The number of carbonyl (C=O) groups excluding carboxylic acids is 2. The number of aromatic nitrogens is 1. The number of primary amides is 1. The molecule has 1 aromatic heterocycles. The third kappa shape index (κ3) is 4.92. The van der Waals surface area contributed by atoms with Gasteiger partial charge in [-0.05, 0) is 25.0 Å². The van der Waals surface area contributed by atoms with Gasteiger partial charge in [-0.25, -0.2) is 9.78 Å². The van der Waals surface area contributed by atoms with Gasteiger partial charge in [0.1, 0.15) is 11.4 Å². The lowest BCUT2D eigenvalue weighted by Gasteiger charge is -2.28. The summed E-state index contributed by atoms with van der Waals surface area (Å²) in [7, 11) is -1.52. The van der Waals surface area contributed by atoms with E-state index in [0.29, 0.717) is 5.56 Å². The van der Waals surface area contributed by atoms with Crippen LogP contribution in [0.4, 0.5) is 5.13 Å². The second kappa shape index (κ2) is 9.01. The molecule has 2 amide bonds. The Morgan fingerprint density at radius 3 is 2.81 bits per heavy atom. The molecular weight excluding hydrogens is 429 g/mol. The first-order chi connectivity index (χ1) is 14.7. The Labute approximate surface area is 180 Å². The number of oxime groups is 1. The number of rotatable bonds is 7. The van der Waals surface area contributed by atoms with Gasteiger partial charge in [0.2, 0.25) is 6.10 Å². The molecular formula is C17H18BN5O7S. The van der Waals surface area contributed by atoms with Crippen molar-refractivity contribution in [3.8, 4) is 5.75 Å². The standard InChI is InChI=1S/C17H18BN5O7S/c1-7(14(19)24)30-23-12(10-6-31-17(20)21-10)15(25)22-11-5-8-3-2-4-9(16(26)27)13(8)29-18(11)28/h2-4,6-7,11,28H,5H2,1H3,(H2,19,24)(H2,20,21)(H,22,25)(H,26,27)/b23-12-. The summed E-state index contributed by atoms with van der Waals surface area (Å²) in [6.07, 6.45) is -1.02. The number of carboxylic acid groups (broad SMARTS) is 1. The van der Waals surface area contributed by atoms with Crippen LogP contribution in [0.1, 0.15) is 28.5 Å². The minimum atomic E-state index is -1.52. The lowest BCUT2D eigenvalue weighted by Crippen LogP contribution is -2.54. The molecule has 0 radical (unpaired) electrons. The number of para-hydroxylation sites is 1. The Bertz CT molecular complexity index is 1060. The zero-order valence-corrected chi connectivity index (χ0v) is 17.0. The summed E-state index contributed by atoms with van der Waals surface area (Å²) in [5.41, 5.74) is 10.9. The minimum absolute atomic E-state index is 0.0350. The van der Waals surface area contributed by atoms with E-state index in [1.807, 2.05) is 0 Å². The summed E-state index contributed by atoms with van der Waals surface area (Å²) in [5, 5.41) is 27.5. The number of hydrogen-bond acceptors (Lipinski definition) is 10. The maximum atomic E-state index is 12.9. The summed E-state index contributed by atoms with van der Waals surface area (Å²) in [5.74, 6) is -3.68. The number of carboxylic acids is 1. The highest BCUT2D eigenvalue weighted by molar-refractivity contribution is 7.13. The molecule has 12 nitrogen and oxygen atoms in total. The van der Waals surface area contributed by atoms with Crippen LogP contribution in [0.3, 0.4) is 0 Å². The van der Waals surface area contributed by atoms with Gasteiger partial charge in [-0.1, -0.05) is 17.3 Å². The molecule has 0 fully saturated rings. The van der Waals surface area contributed by atoms with Gasteiger partial charge in [-0.2, -0.15) is 0 Å². The van der Waals surface area contributed by atoms with Gasteiger partial charge in [-0.3, -0.25) is 9.59 Å². The van der Waals surface area contributed by atoms with E-state index in [4.69, 9.17) is 21.0 Å². The number of hydrogen-bond donors (Lipinski definition) is 5. The first-order valence-electron chi connectivity index (χ1n) is 8.92. The van der Waals surface area contributed by atoms with Crippen LogP contribution in [-0.2, 0) is 20.8 Å². The number of nitrogens with two attached hydrogens (primary N) is 2. The Hall–Kier alpha value is -3.65. The quantitative estimate of drug-likeness (QED) is 0.204. The molecule has 2 aromatic rings. The van der Waals surface area contributed by atoms with Crippen molar-refractivity contribution in [3.05, 3.63) is 40.4 Å². The molecule has 0 aliphatic carbocycles. The Kier molecular flexibility index (Phi) is 6.41. The highest BCUT2D eigenvalue weighted by atomic mass is 32.1. The Morgan fingerprint density at radius 2 is 2.19 bits per heavy atom. The van der Waals surface area contributed by atoms with Crippen LogP contribution in [0.15, 0.2) is 28.7 Å². The molecule has 2 atom stereocenters. The molecule has 3 rings (SSSR count). The van der Waals surface area contributed by atoms with E-state index < -0.39 is 36.9 Å². The molecule has 0 spiro atoms. The second-order valence-corrected chi connectivity index (χ2v) is 7.44. The molecule has 2 unspecified atom stereocenters. The molecule has 0 saturated heterocycles. The molecule has 162 valence electrons. The van der Waals surface area contributed by atoms with Gasteiger partial charge in [0, 0.05) is 5.38 Å². The van der Waals surface area contributed by atoms with Crippen LogP contribution >= 0.6 is 11.3 Å². The highest BCUT2D eigenvalue weighted by Crippen LogP contribution is 2.30. The van der Waals surface area contributed by atoms with Gasteiger partial charge in [0.15, 0.2) is 10.8 Å². The smallest absolute Gasteiger partial charge is 0.534 e. The molecule has 1 aliphatic rings. The number of thiazole rings is 1. The van der Waals surface area contributed by atoms with Crippen LogP contribution in [0, 0.1) is 0 Å². The minimum Gasteiger partial charge on any atom is -0.534 e. The van der Waals surface area contributed by atoms with E-state index in [1.54, 1.807) is 6.07 Å². The van der Waals surface area contributed by atoms with Crippen LogP contribution in [-0.4, -0.2) is 57.8 Å². The predicted molar refractivity (Wildman–Crippen MR) is 110 cm³/mol. The van der Waals surface area contributed by atoms with Gasteiger partial charge in [0.05, 0.1) is 11.5 Å². The summed E-state index contributed by atoms with van der Waals surface area (Å²) in [6.45, 7) is 1.35. The number of benzene rings is 1. The summed E-state index contributed by atoms with van der Waals surface area (Å²) < 4.78 is 5.35. The topological polar surface area (TPSA) is 199 Å². The fraction of sp³-hybridized carbons (Fsp3) is 0.235. The zero-order valence-electron chi connectivity index (χ0n) is 16.1. The molecule has 0 saturated carbocycles. The van der Waals surface area contributed by atoms with Crippen molar-refractivity contribution in [1.29, 1.82) is 0 Å². The fourth-order valence-corrected chi connectivity index (χ4v) is 3.29. The number of fused-ring (bicyclic) bond motifs is 1. The van der Waals surface area contributed by atoms with Gasteiger partial charge >= 0.3 is 13.1 Å². The highest BCUT2D eigenvalue weighted by Gasteiger charge is 2.38. The summed E-state index contributed by atoms with van der Waals surface area (Å²) in [6, 6.07) is 4.51. The Balaban J connectivity index is 1.83. The van der Waals surface area contributed by atoms with Crippen LogP contribution < -0.4 is 21.4 Å². The van der Waals surface area contributed by atoms with Crippen LogP contribution in [0.25, 0.3) is 0 Å². The number of anilines is 1. The SMILES string of the molecule is CC(O/N=C(\C(=O)NC1Cc2cccc(C(=O)O)c2OB1O)c1csc(N)n1)C(N)=O.